The molecule has 0 spiro atoms. The first-order chi connectivity index (χ1) is 6.57. The van der Waals surface area contributed by atoms with Gasteiger partial charge in [0.25, 0.3) is 0 Å². The molecule has 4 nitrogen and oxygen atoms in total. The van der Waals surface area contributed by atoms with Gasteiger partial charge in [-0.25, -0.2) is 0 Å². The average molecular weight is 197 g/mol. The van der Waals surface area contributed by atoms with Crippen LogP contribution in [0.4, 0.5) is 0 Å². The Morgan fingerprint density at radius 1 is 1.57 bits per heavy atom. The first-order valence-corrected chi connectivity index (χ1v) is 4.97. The van der Waals surface area contributed by atoms with E-state index in [0.717, 1.165) is 0 Å². The van der Waals surface area contributed by atoms with Gasteiger partial charge in [0.05, 0.1) is 6.07 Å². The van der Waals surface area contributed by atoms with E-state index in [-0.39, 0.29) is 11.9 Å². The van der Waals surface area contributed by atoms with Gasteiger partial charge < -0.3 is 11.1 Å². The molecule has 0 saturated carbocycles. The van der Waals surface area contributed by atoms with Crippen LogP contribution >= 0.6 is 0 Å². The quantitative estimate of drug-likeness (QED) is 0.617. The molecule has 0 rings (SSSR count). The summed E-state index contributed by atoms with van der Waals surface area (Å²) in [5.41, 5.74) is 5.73. The van der Waals surface area contributed by atoms with Gasteiger partial charge in [-0.3, -0.25) is 4.79 Å². The molecule has 14 heavy (non-hydrogen) atoms. The second-order valence-electron chi connectivity index (χ2n) is 3.72. The predicted octanol–water partition coefficient (Wildman–Crippen LogP) is 0.780. The minimum Gasteiger partial charge on any atom is -0.356 e. The molecule has 1 amide bonds. The van der Waals surface area contributed by atoms with Crippen LogP contribution in [-0.4, -0.2) is 18.5 Å². The molecule has 0 aliphatic rings. The number of hydrogen-bond donors (Lipinski definition) is 2. The normalized spacial score (nSPS) is 12.2. The van der Waals surface area contributed by atoms with E-state index >= 15 is 0 Å². The van der Waals surface area contributed by atoms with Crippen molar-refractivity contribution in [2.75, 3.05) is 6.54 Å². The standard InChI is InChI=1S/C10H19N3O/c1-8(2)9(12)7-10(14)13-6-4-3-5-11/h8-9H,3-4,6-7,12H2,1-2H3,(H,13,14). The van der Waals surface area contributed by atoms with Gasteiger partial charge in [-0.1, -0.05) is 13.8 Å². The topological polar surface area (TPSA) is 78.9 Å². The number of nitrogens with one attached hydrogen (secondary N) is 1. The summed E-state index contributed by atoms with van der Waals surface area (Å²) >= 11 is 0. The number of carbonyl (C=O) groups is 1. The van der Waals surface area contributed by atoms with Gasteiger partial charge in [0.1, 0.15) is 0 Å². The van der Waals surface area contributed by atoms with Gasteiger partial charge in [-0.05, 0) is 12.3 Å². The molecule has 0 radical (unpaired) electrons. The Hall–Kier alpha value is -1.08. The maximum atomic E-state index is 11.2. The fourth-order valence-corrected chi connectivity index (χ4v) is 0.917. The third-order valence-corrected chi connectivity index (χ3v) is 2.06. The highest BCUT2D eigenvalue weighted by molar-refractivity contribution is 5.76. The highest BCUT2D eigenvalue weighted by atomic mass is 16.1. The van der Waals surface area contributed by atoms with Crippen LogP contribution in [0, 0.1) is 17.2 Å². The molecule has 0 aromatic heterocycles. The summed E-state index contributed by atoms with van der Waals surface area (Å²) in [6.07, 6.45) is 1.56. The van der Waals surface area contributed by atoms with Gasteiger partial charge in [0, 0.05) is 25.4 Å². The molecular weight excluding hydrogens is 178 g/mol. The Morgan fingerprint density at radius 3 is 2.71 bits per heavy atom. The smallest absolute Gasteiger partial charge is 0.221 e. The van der Waals surface area contributed by atoms with Crippen molar-refractivity contribution in [3.63, 3.8) is 0 Å². The molecule has 1 atom stereocenters. The van der Waals surface area contributed by atoms with Crippen LogP contribution in [0.3, 0.4) is 0 Å². The molecule has 0 bridgehead atoms. The molecule has 0 aromatic carbocycles. The molecule has 4 heteroatoms. The number of nitriles is 1. The monoisotopic (exact) mass is 197 g/mol. The van der Waals surface area contributed by atoms with Crippen molar-refractivity contribution in [3.8, 4) is 6.07 Å². The average Bonchev–Trinajstić information content (AvgIpc) is 2.12. The number of hydrogen-bond acceptors (Lipinski definition) is 3. The largest absolute Gasteiger partial charge is 0.356 e. The molecule has 0 fully saturated rings. The Labute approximate surface area is 85.5 Å². The summed E-state index contributed by atoms with van der Waals surface area (Å²) in [6, 6.07) is 1.95. The van der Waals surface area contributed by atoms with Gasteiger partial charge in [-0.2, -0.15) is 5.26 Å². The van der Waals surface area contributed by atoms with E-state index in [1.54, 1.807) is 0 Å². The predicted molar refractivity (Wildman–Crippen MR) is 55.3 cm³/mol. The van der Waals surface area contributed by atoms with Crippen LogP contribution in [0.15, 0.2) is 0 Å². The maximum Gasteiger partial charge on any atom is 0.221 e. The van der Waals surface area contributed by atoms with Crippen LogP contribution < -0.4 is 11.1 Å². The zero-order chi connectivity index (χ0) is 11.0. The third kappa shape index (κ3) is 6.44. The number of rotatable bonds is 6. The third-order valence-electron chi connectivity index (χ3n) is 2.06. The van der Waals surface area contributed by atoms with Crippen molar-refractivity contribution < 1.29 is 4.79 Å². The van der Waals surface area contributed by atoms with Crippen LogP contribution in [0.5, 0.6) is 0 Å². The molecule has 0 aliphatic carbocycles. The molecule has 0 saturated heterocycles. The van der Waals surface area contributed by atoms with Crippen LogP contribution in [0.25, 0.3) is 0 Å². The van der Waals surface area contributed by atoms with E-state index in [2.05, 4.69) is 5.32 Å². The van der Waals surface area contributed by atoms with E-state index < -0.39 is 0 Å². The molecular formula is C10H19N3O. The van der Waals surface area contributed by atoms with Gasteiger partial charge in [0.15, 0.2) is 0 Å². The van der Waals surface area contributed by atoms with Crippen molar-refractivity contribution >= 4 is 5.91 Å². The number of nitrogens with two attached hydrogens (primary N) is 1. The molecule has 80 valence electrons. The SMILES string of the molecule is CC(C)C(N)CC(=O)NCCCC#N. The van der Waals surface area contributed by atoms with E-state index in [9.17, 15) is 4.79 Å². The number of amides is 1. The van der Waals surface area contributed by atoms with Gasteiger partial charge in [-0.15, -0.1) is 0 Å². The lowest BCUT2D eigenvalue weighted by Crippen LogP contribution is -2.35. The van der Waals surface area contributed by atoms with Crippen molar-refractivity contribution in [3.05, 3.63) is 0 Å². The van der Waals surface area contributed by atoms with E-state index in [1.165, 1.54) is 0 Å². The summed E-state index contributed by atoms with van der Waals surface area (Å²) in [6.45, 7) is 4.55. The highest BCUT2D eigenvalue weighted by Crippen LogP contribution is 2.02. The van der Waals surface area contributed by atoms with Crippen molar-refractivity contribution in [2.45, 2.75) is 39.2 Å². The summed E-state index contributed by atoms with van der Waals surface area (Å²) < 4.78 is 0. The van der Waals surface area contributed by atoms with Crippen molar-refractivity contribution in [1.29, 1.82) is 5.26 Å². The summed E-state index contributed by atoms with van der Waals surface area (Å²) in [7, 11) is 0. The Bertz CT molecular complexity index is 208. The number of unbranched alkanes of at least 4 members (excludes halogenated alkanes) is 1. The fraction of sp³-hybridized carbons (Fsp3) is 0.800. The first-order valence-electron chi connectivity index (χ1n) is 4.97. The first kappa shape index (κ1) is 12.9. The lowest BCUT2D eigenvalue weighted by Gasteiger charge is -2.14. The molecule has 0 aliphatic heterocycles. The second kappa shape index (κ2) is 7.34. The van der Waals surface area contributed by atoms with Crippen molar-refractivity contribution in [2.24, 2.45) is 11.7 Å². The van der Waals surface area contributed by atoms with Crippen LogP contribution in [-0.2, 0) is 4.79 Å². The minimum atomic E-state index is -0.0778. The molecule has 1 unspecified atom stereocenters. The lowest BCUT2D eigenvalue weighted by molar-refractivity contribution is -0.121. The zero-order valence-corrected chi connectivity index (χ0v) is 8.92. The van der Waals surface area contributed by atoms with Gasteiger partial charge >= 0.3 is 0 Å². The van der Waals surface area contributed by atoms with Crippen LogP contribution in [0.2, 0.25) is 0 Å². The summed E-state index contributed by atoms with van der Waals surface area (Å²) in [5, 5.41) is 11.0. The van der Waals surface area contributed by atoms with Crippen molar-refractivity contribution in [1.82, 2.24) is 5.32 Å². The summed E-state index contributed by atoms with van der Waals surface area (Å²) in [5.74, 6) is 0.295. The number of nitrogens with zero attached hydrogens (tertiary/aromatic N) is 1. The van der Waals surface area contributed by atoms with Gasteiger partial charge in [0.2, 0.25) is 5.91 Å². The summed E-state index contributed by atoms with van der Waals surface area (Å²) in [4.78, 5) is 11.2. The Morgan fingerprint density at radius 2 is 2.21 bits per heavy atom. The minimum absolute atomic E-state index is 0.0239. The number of carbonyl (C=O) groups excluding carboxylic acids is 1. The lowest BCUT2D eigenvalue weighted by atomic mass is 10.0. The fourth-order valence-electron chi connectivity index (χ4n) is 0.917. The zero-order valence-electron chi connectivity index (χ0n) is 8.92. The second-order valence-corrected chi connectivity index (χ2v) is 3.72. The van der Waals surface area contributed by atoms with Crippen LogP contribution in [0.1, 0.15) is 33.1 Å². The maximum absolute atomic E-state index is 11.2. The Kier molecular flexibility index (Phi) is 6.77. The molecule has 0 aromatic rings. The Balaban J connectivity index is 3.51. The molecule has 0 heterocycles. The van der Waals surface area contributed by atoms with E-state index in [0.29, 0.717) is 31.7 Å². The van der Waals surface area contributed by atoms with E-state index in [1.807, 2.05) is 19.9 Å². The van der Waals surface area contributed by atoms with E-state index in [4.69, 9.17) is 11.0 Å². The highest BCUT2D eigenvalue weighted by Gasteiger charge is 2.11. The molecule has 3 N–H and O–H groups in total.